The molecule has 0 aliphatic rings. The summed E-state index contributed by atoms with van der Waals surface area (Å²) in [5.41, 5.74) is 2.31. The zero-order chi connectivity index (χ0) is 14.4. The van der Waals surface area contributed by atoms with Gasteiger partial charge in [-0.2, -0.15) is 0 Å². The minimum atomic E-state index is -2.54. The fourth-order valence-electron chi connectivity index (χ4n) is 2.06. The molecule has 0 aliphatic heterocycles. The van der Waals surface area contributed by atoms with E-state index in [9.17, 15) is 0 Å². The van der Waals surface area contributed by atoms with E-state index >= 15 is 0 Å². The Morgan fingerprint density at radius 3 is 1.60 bits per heavy atom. The Labute approximate surface area is 135 Å². The van der Waals surface area contributed by atoms with E-state index in [1.54, 1.807) is 0 Å². The summed E-state index contributed by atoms with van der Waals surface area (Å²) in [7, 11) is 0. The maximum Gasteiger partial charge on any atom is 0.341 e. The van der Waals surface area contributed by atoms with Crippen molar-refractivity contribution in [2.75, 3.05) is 11.4 Å². The summed E-state index contributed by atoms with van der Waals surface area (Å²) in [4.78, 5) is 2.25. The second kappa shape index (κ2) is 7.37. The number of halogens is 3. The molecule has 0 fully saturated rings. The van der Waals surface area contributed by atoms with E-state index in [1.807, 2.05) is 36.4 Å². The van der Waals surface area contributed by atoms with Gasteiger partial charge < -0.3 is 4.90 Å². The number of para-hydroxylation sites is 2. The first kappa shape index (κ1) is 15.7. The third-order valence-electron chi connectivity index (χ3n) is 2.98. The van der Waals surface area contributed by atoms with Gasteiger partial charge in [0.1, 0.15) is 0 Å². The minimum absolute atomic E-state index is 0.674. The van der Waals surface area contributed by atoms with Crippen LogP contribution in [0.25, 0.3) is 0 Å². The third-order valence-corrected chi connectivity index (χ3v) is 5.60. The van der Waals surface area contributed by atoms with Crippen LogP contribution in [0.15, 0.2) is 60.7 Å². The molecule has 0 aliphatic carbocycles. The molecule has 0 saturated heterocycles. The Bertz CT molecular complexity index is 474. The van der Waals surface area contributed by atoms with Crippen molar-refractivity contribution in [3.8, 4) is 0 Å². The molecular formula is C15H16Cl3NSi. The Balaban J connectivity index is 2.13. The van der Waals surface area contributed by atoms with Crippen LogP contribution in [0.5, 0.6) is 0 Å². The summed E-state index contributed by atoms with van der Waals surface area (Å²) in [6.07, 6.45) is 0.868. The normalized spacial score (nSPS) is 11.3. The average molecular weight is 345 g/mol. The van der Waals surface area contributed by atoms with Crippen molar-refractivity contribution in [2.45, 2.75) is 12.5 Å². The quantitative estimate of drug-likeness (QED) is 0.468. The number of anilines is 2. The van der Waals surface area contributed by atoms with Gasteiger partial charge in [-0.15, -0.1) is 33.2 Å². The molecule has 0 aromatic heterocycles. The van der Waals surface area contributed by atoms with Gasteiger partial charge in [-0.25, -0.2) is 0 Å². The van der Waals surface area contributed by atoms with Crippen LogP contribution in [0.4, 0.5) is 11.4 Å². The van der Waals surface area contributed by atoms with Crippen molar-refractivity contribution in [1.82, 2.24) is 0 Å². The van der Waals surface area contributed by atoms with E-state index in [0.717, 1.165) is 24.3 Å². The van der Waals surface area contributed by atoms with Crippen molar-refractivity contribution in [2.24, 2.45) is 0 Å². The zero-order valence-electron chi connectivity index (χ0n) is 11.0. The molecule has 1 nitrogen and oxygen atoms in total. The predicted octanol–water partition coefficient (Wildman–Crippen LogP) is 5.87. The molecule has 0 atom stereocenters. The van der Waals surface area contributed by atoms with Crippen molar-refractivity contribution < 1.29 is 0 Å². The highest BCUT2D eigenvalue weighted by molar-refractivity contribution is 7.64. The van der Waals surface area contributed by atoms with Gasteiger partial charge in [-0.1, -0.05) is 36.4 Å². The van der Waals surface area contributed by atoms with Gasteiger partial charge in [0.25, 0.3) is 0 Å². The van der Waals surface area contributed by atoms with Crippen LogP contribution in [-0.4, -0.2) is 12.5 Å². The highest BCUT2D eigenvalue weighted by Gasteiger charge is 2.24. The molecule has 2 aromatic rings. The van der Waals surface area contributed by atoms with Gasteiger partial charge in [-0.3, -0.25) is 0 Å². The van der Waals surface area contributed by atoms with Crippen LogP contribution in [0.1, 0.15) is 6.42 Å². The summed E-state index contributed by atoms with van der Waals surface area (Å²) in [6.45, 7) is 0.842. The van der Waals surface area contributed by atoms with Crippen molar-refractivity contribution in [3.63, 3.8) is 0 Å². The highest BCUT2D eigenvalue weighted by atomic mass is 35.8. The fourth-order valence-corrected chi connectivity index (χ4v) is 3.82. The molecule has 2 rings (SSSR count). The maximum atomic E-state index is 5.96. The van der Waals surface area contributed by atoms with Crippen molar-refractivity contribution in [1.29, 1.82) is 0 Å². The minimum Gasteiger partial charge on any atom is -0.342 e. The van der Waals surface area contributed by atoms with Crippen molar-refractivity contribution >= 4 is 50.6 Å². The van der Waals surface area contributed by atoms with E-state index in [-0.39, 0.29) is 0 Å². The largest absolute Gasteiger partial charge is 0.342 e. The summed E-state index contributed by atoms with van der Waals surface area (Å²) in [5.74, 6) is 0. The maximum absolute atomic E-state index is 5.96. The van der Waals surface area contributed by atoms with E-state index in [0.29, 0.717) is 6.04 Å². The SMILES string of the molecule is Cl[Si](Cl)(Cl)CCCN(c1ccccc1)c1ccccc1. The molecule has 0 unspecified atom stereocenters. The van der Waals surface area contributed by atoms with E-state index in [4.69, 9.17) is 33.2 Å². The van der Waals surface area contributed by atoms with Gasteiger partial charge in [-0.05, 0) is 36.7 Å². The first-order valence-corrected chi connectivity index (χ1v) is 11.7. The smallest absolute Gasteiger partial charge is 0.341 e. The first-order chi connectivity index (χ1) is 9.56. The second-order valence-corrected chi connectivity index (χ2v) is 13.8. The Kier molecular flexibility index (Phi) is 5.79. The molecule has 0 saturated carbocycles. The monoisotopic (exact) mass is 343 g/mol. The van der Waals surface area contributed by atoms with E-state index in [2.05, 4.69) is 29.2 Å². The standard InChI is InChI=1S/C15H16Cl3NSi/c16-20(17,18)13-7-12-19(14-8-3-1-4-9-14)15-10-5-2-6-11-15/h1-6,8-11H,7,12-13H2. The first-order valence-electron chi connectivity index (χ1n) is 6.51. The molecule has 0 heterocycles. The lowest BCUT2D eigenvalue weighted by molar-refractivity contribution is 0.881. The fraction of sp³-hybridized carbons (Fsp3) is 0.200. The topological polar surface area (TPSA) is 3.24 Å². The van der Waals surface area contributed by atoms with Gasteiger partial charge in [0.2, 0.25) is 0 Å². The summed E-state index contributed by atoms with van der Waals surface area (Å²) in [6, 6.07) is 18.7. The van der Waals surface area contributed by atoms with Crippen LogP contribution in [0, 0.1) is 0 Å². The van der Waals surface area contributed by atoms with Crippen LogP contribution >= 0.6 is 33.2 Å². The lowest BCUT2D eigenvalue weighted by atomic mass is 10.2. The summed E-state index contributed by atoms with van der Waals surface area (Å²) >= 11 is 17.9. The molecule has 0 bridgehead atoms. The van der Waals surface area contributed by atoms with Gasteiger partial charge in [0.15, 0.2) is 0 Å². The molecule has 5 heteroatoms. The Hall–Kier alpha value is -0.673. The second-order valence-electron chi connectivity index (χ2n) is 4.54. The lowest BCUT2D eigenvalue weighted by Crippen LogP contribution is -2.20. The Morgan fingerprint density at radius 1 is 0.750 bits per heavy atom. The van der Waals surface area contributed by atoms with E-state index in [1.165, 1.54) is 0 Å². The summed E-state index contributed by atoms with van der Waals surface area (Å²) < 4.78 is 0. The molecular weight excluding hydrogens is 329 g/mol. The van der Waals surface area contributed by atoms with Gasteiger partial charge in [0, 0.05) is 17.9 Å². The molecule has 20 heavy (non-hydrogen) atoms. The molecule has 0 N–H and O–H groups in total. The number of benzene rings is 2. The van der Waals surface area contributed by atoms with Crippen LogP contribution in [-0.2, 0) is 0 Å². The number of rotatable bonds is 6. The lowest BCUT2D eigenvalue weighted by Gasteiger charge is -2.25. The van der Waals surface area contributed by atoms with Gasteiger partial charge >= 0.3 is 6.00 Å². The molecule has 2 aromatic carbocycles. The number of hydrogen-bond donors (Lipinski definition) is 0. The number of nitrogens with zero attached hydrogens (tertiary/aromatic N) is 1. The van der Waals surface area contributed by atoms with Crippen LogP contribution < -0.4 is 4.90 Å². The van der Waals surface area contributed by atoms with E-state index < -0.39 is 6.00 Å². The third kappa shape index (κ3) is 5.02. The predicted molar refractivity (Wildman–Crippen MR) is 92.6 cm³/mol. The average Bonchev–Trinajstić information content (AvgIpc) is 2.44. The van der Waals surface area contributed by atoms with Crippen LogP contribution in [0.2, 0.25) is 6.04 Å². The molecule has 106 valence electrons. The zero-order valence-corrected chi connectivity index (χ0v) is 14.2. The van der Waals surface area contributed by atoms with Crippen molar-refractivity contribution in [3.05, 3.63) is 60.7 Å². The Morgan fingerprint density at radius 2 is 1.20 bits per heavy atom. The molecule has 0 amide bonds. The molecule has 0 spiro atoms. The molecule has 0 radical (unpaired) electrons. The van der Waals surface area contributed by atoms with Crippen LogP contribution in [0.3, 0.4) is 0 Å². The van der Waals surface area contributed by atoms with Gasteiger partial charge in [0.05, 0.1) is 0 Å². The summed E-state index contributed by atoms with van der Waals surface area (Å²) in [5, 5.41) is 0. The highest BCUT2D eigenvalue weighted by Crippen LogP contribution is 2.29. The number of hydrogen-bond acceptors (Lipinski definition) is 1.